The number of H-pyrrole nitrogens is 1. The molecule has 0 radical (unpaired) electrons. The van der Waals surface area contributed by atoms with Gasteiger partial charge in [0.15, 0.2) is 0 Å². The fourth-order valence-corrected chi connectivity index (χ4v) is 4.53. The number of alkyl carbamates (subject to hydrolysis) is 1. The largest absolute Gasteiger partial charge is 0.480 e. The molecule has 0 bridgehead atoms. The van der Waals surface area contributed by atoms with Gasteiger partial charge < -0.3 is 30.8 Å². The van der Waals surface area contributed by atoms with Crippen LogP contribution < -0.4 is 16.0 Å². The number of fused-ring (bicyclic) bond motifs is 1. The maximum atomic E-state index is 13.2. The molecule has 4 atom stereocenters. The first kappa shape index (κ1) is 27.7. The number of carboxylic acids is 1. The van der Waals surface area contributed by atoms with Gasteiger partial charge in [-0.2, -0.15) is 0 Å². The van der Waals surface area contributed by atoms with Crippen molar-refractivity contribution < 1.29 is 29.0 Å². The number of para-hydroxylation sites is 1. The highest BCUT2D eigenvalue weighted by Gasteiger charge is 2.45. The van der Waals surface area contributed by atoms with Crippen molar-refractivity contribution in [3.63, 3.8) is 0 Å². The molecule has 0 spiro atoms. The number of carboxylic acid groups (broad SMARTS) is 1. The number of carbonyl (C=O) groups is 4. The molecule has 10 nitrogen and oxygen atoms in total. The minimum absolute atomic E-state index is 0.0686. The fourth-order valence-electron chi connectivity index (χ4n) is 4.53. The number of hydrogen-bond acceptors (Lipinski definition) is 5. The Morgan fingerprint density at radius 1 is 1.00 bits per heavy atom. The van der Waals surface area contributed by atoms with E-state index in [4.69, 9.17) is 4.74 Å². The number of hydrogen-bond donors (Lipinski definition) is 5. The number of aromatic amines is 1. The van der Waals surface area contributed by atoms with Crippen LogP contribution in [0.4, 0.5) is 4.79 Å². The Bertz CT molecular complexity index is 1320. The lowest BCUT2D eigenvalue weighted by molar-refractivity contribution is -0.142. The van der Waals surface area contributed by atoms with Gasteiger partial charge in [-0.15, -0.1) is 0 Å². The van der Waals surface area contributed by atoms with E-state index in [9.17, 15) is 24.3 Å². The van der Waals surface area contributed by atoms with E-state index >= 15 is 0 Å². The summed E-state index contributed by atoms with van der Waals surface area (Å²) in [5, 5.41) is 18.7. The number of aromatic nitrogens is 1. The SMILES string of the molecule is CC(C)C[C@H](NC(=O)C1CC1NC(=O)OCc1ccccc1)C(=O)N[C@@H](Cc1c[nH]c2ccccc12)C(=O)O. The van der Waals surface area contributed by atoms with Gasteiger partial charge in [-0.3, -0.25) is 9.59 Å². The Kier molecular flexibility index (Phi) is 8.85. The molecule has 1 aliphatic rings. The summed E-state index contributed by atoms with van der Waals surface area (Å²) in [6.45, 7) is 3.95. The summed E-state index contributed by atoms with van der Waals surface area (Å²) in [4.78, 5) is 53.3. The molecule has 39 heavy (non-hydrogen) atoms. The number of ether oxygens (including phenoxy) is 1. The van der Waals surface area contributed by atoms with E-state index in [2.05, 4.69) is 20.9 Å². The van der Waals surface area contributed by atoms with E-state index in [1.807, 2.05) is 68.4 Å². The molecule has 1 fully saturated rings. The van der Waals surface area contributed by atoms with Crippen LogP contribution in [0.5, 0.6) is 0 Å². The van der Waals surface area contributed by atoms with E-state index in [1.54, 1.807) is 6.20 Å². The zero-order chi connectivity index (χ0) is 27.9. The summed E-state index contributed by atoms with van der Waals surface area (Å²) in [7, 11) is 0. The van der Waals surface area contributed by atoms with Crippen molar-refractivity contribution in [2.24, 2.45) is 11.8 Å². The molecule has 4 rings (SSSR count). The third-order valence-corrected chi connectivity index (χ3v) is 6.70. The van der Waals surface area contributed by atoms with Crippen LogP contribution in [0, 0.1) is 11.8 Å². The van der Waals surface area contributed by atoms with Crippen molar-refractivity contribution in [1.29, 1.82) is 0 Å². The maximum absolute atomic E-state index is 13.2. The first-order valence-corrected chi connectivity index (χ1v) is 13.1. The Hall–Kier alpha value is -4.34. The first-order valence-electron chi connectivity index (χ1n) is 13.1. The molecule has 2 aromatic carbocycles. The average molecular weight is 535 g/mol. The van der Waals surface area contributed by atoms with Gasteiger partial charge >= 0.3 is 12.1 Å². The van der Waals surface area contributed by atoms with Gasteiger partial charge in [0.1, 0.15) is 18.7 Å². The number of amides is 3. The Morgan fingerprint density at radius 3 is 2.44 bits per heavy atom. The molecular weight excluding hydrogens is 500 g/mol. The third kappa shape index (κ3) is 7.59. The predicted octanol–water partition coefficient (Wildman–Crippen LogP) is 3.13. The van der Waals surface area contributed by atoms with Crippen LogP contribution in [0.2, 0.25) is 0 Å². The van der Waals surface area contributed by atoms with Crippen LogP contribution >= 0.6 is 0 Å². The molecule has 0 aliphatic heterocycles. The summed E-state index contributed by atoms with van der Waals surface area (Å²) in [5.41, 5.74) is 2.50. The number of benzene rings is 2. The topological polar surface area (TPSA) is 150 Å². The average Bonchev–Trinajstić information content (AvgIpc) is 3.56. The lowest BCUT2D eigenvalue weighted by Gasteiger charge is -2.23. The highest BCUT2D eigenvalue weighted by Crippen LogP contribution is 2.31. The van der Waals surface area contributed by atoms with Crippen LogP contribution in [-0.4, -0.2) is 52.1 Å². The molecule has 0 saturated heterocycles. The summed E-state index contributed by atoms with van der Waals surface area (Å²) in [6, 6.07) is 14.3. The van der Waals surface area contributed by atoms with Gasteiger partial charge in [-0.05, 0) is 36.0 Å². The second kappa shape index (κ2) is 12.5. The van der Waals surface area contributed by atoms with E-state index in [0.717, 1.165) is 22.0 Å². The zero-order valence-corrected chi connectivity index (χ0v) is 22.0. The number of rotatable bonds is 12. The van der Waals surface area contributed by atoms with Crippen molar-refractivity contribution in [3.05, 3.63) is 71.9 Å². The van der Waals surface area contributed by atoms with Crippen LogP contribution in [-0.2, 0) is 32.1 Å². The van der Waals surface area contributed by atoms with Crippen molar-refractivity contribution in [2.45, 2.75) is 57.8 Å². The molecule has 5 N–H and O–H groups in total. The number of nitrogens with one attached hydrogen (secondary N) is 4. The lowest BCUT2D eigenvalue weighted by atomic mass is 10.0. The highest BCUT2D eigenvalue weighted by atomic mass is 16.5. The molecule has 206 valence electrons. The Balaban J connectivity index is 1.31. The van der Waals surface area contributed by atoms with Crippen molar-refractivity contribution in [3.8, 4) is 0 Å². The minimum atomic E-state index is -1.17. The van der Waals surface area contributed by atoms with Crippen molar-refractivity contribution in [2.75, 3.05) is 0 Å². The normalized spacial score (nSPS) is 17.7. The molecule has 3 amide bonds. The van der Waals surface area contributed by atoms with Gasteiger partial charge in [0.2, 0.25) is 11.8 Å². The second-order valence-corrected chi connectivity index (χ2v) is 10.3. The van der Waals surface area contributed by atoms with E-state index in [-0.39, 0.29) is 30.9 Å². The number of aliphatic carboxylic acids is 1. The molecule has 1 heterocycles. The van der Waals surface area contributed by atoms with Gasteiger partial charge in [0.05, 0.1) is 5.92 Å². The Labute approximate surface area is 226 Å². The summed E-state index contributed by atoms with van der Waals surface area (Å²) < 4.78 is 5.21. The van der Waals surface area contributed by atoms with Gasteiger partial charge in [-0.1, -0.05) is 62.4 Å². The zero-order valence-electron chi connectivity index (χ0n) is 22.0. The van der Waals surface area contributed by atoms with Crippen molar-refractivity contribution >= 4 is 34.8 Å². The Morgan fingerprint density at radius 2 is 1.72 bits per heavy atom. The van der Waals surface area contributed by atoms with Gasteiger partial charge in [-0.25, -0.2) is 9.59 Å². The van der Waals surface area contributed by atoms with Gasteiger partial charge in [0.25, 0.3) is 0 Å². The van der Waals surface area contributed by atoms with E-state index < -0.39 is 36.0 Å². The van der Waals surface area contributed by atoms with Crippen LogP contribution in [0.25, 0.3) is 10.9 Å². The second-order valence-electron chi connectivity index (χ2n) is 10.3. The van der Waals surface area contributed by atoms with Crippen LogP contribution in [0.15, 0.2) is 60.8 Å². The van der Waals surface area contributed by atoms with Gasteiger partial charge in [0, 0.05) is 29.6 Å². The number of carbonyl (C=O) groups excluding carboxylic acids is 3. The van der Waals surface area contributed by atoms with Crippen LogP contribution in [0.3, 0.4) is 0 Å². The summed E-state index contributed by atoms with van der Waals surface area (Å²) in [6.07, 6.45) is 1.98. The molecule has 10 heteroatoms. The summed E-state index contributed by atoms with van der Waals surface area (Å²) >= 11 is 0. The lowest BCUT2D eigenvalue weighted by Crippen LogP contribution is -2.53. The monoisotopic (exact) mass is 534 g/mol. The third-order valence-electron chi connectivity index (χ3n) is 6.70. The quantitative estimate of drug-likeness (QED) is 0.241. The maximum Gasteiger partial charge on any atom is 0.407 e. The first-order chi connectivity index (χ1) is 18.7. The van der Waals surface area contributed by atoms with E-state index in [1.165, 1.54) is 0 Å². The predicted molar refractivity (Wildman–Crippen MR) is 145 cm³/mol. The molecule has 2 unspecified atom stereocenters. The highest BCUT2D eigenvalue weighted by molar-refractivity contribution is 5.92. The standard InChI is InChI=1S/C29H34N4O6/c1-17(2)12-24(27(35)32-25(28(36)37)13-19-15-30-22-11-7-6-10-20(19)22)31-26(34)21-14-23(21)33-29(38)39-16-18-8-4-3-5-9-18/h3-11,15,17,21,23-25,30H,12-14,16H2,1-2H3,(H,31,34)(H,32,35)(H,33,38)(H,36,37)/t21?,23?,24-,25-/m0/s1. The van der Waals surface area contributed by atoms with E-state index in [0.29, 0.717) is 12.8 Å². The minimum Gasteiger partial charge on any atom is -0.480 e. The molecule has 1 aliphatic carbocycles. The fraction of sp³-hybridized carbons (Fsp3) is 0.379. The molecular formula is C29H34N4O6. The summed E-state index contributed by atoms with van der Waals surface area (Å²) in [5.74, 6) is -2.51. The smallest absolute Gasteiger partial charge is 0.407 e. The van der Waals surface area contributed by atoms with Crippen molar-refractivity contribution in [1.82, 2.24) is 20.9 Å². The molecule has 3 aromatic rings. The van der Waals surface area contributed by atoms with Crippen LogP contribution in [0.1, 0.15) is 37.8 Å². The molecule has 1 saturated carbocycles. The molecule has 1 aromatic heterocycles.